The molecule has 4 heteroatoms. The molecule has 0 aliphatic rings. The quantitative estimate of drug-likeness (QED) is 0.269. The van der Waals surface area contributed by atoms with Gasteiger partial charge in [0.1, 0.15) is 5.57 Å². The molecule has 0 saturated heterocycles. The Labute approximate surface area is 203 Å². The monoisotopic (exact) mass is 454 g/mol. The number of nitrogens with one attached hydrogen (secondary N) is 2. The van der Waals surface area contributed by atoms with Gasteiger partial charge in [-0.3, -0.25) is 9.59 Å². The highest BCUT2D eigenvalue weighted by Crippen LogP contribution is 2.22. The van der Waals surface area contributed by atoms with E-state index >= 15 is 0 Å². The van der Waals surface area contributed by atoms with Gasteiger partial charge >= 0.3 is 0 Å². The number of amides is 2. The second-order valence-corrected chi connectivity index (χ2v) is 9.41. The van der Waals surface area contributed by atoms with Crippen molar-refractivity contribution >= 4 is 17.9 Å². The van der Waals surface area contributed by atoms with Crippen LogP contribution in [0.15, 0.2) is 90.5 Å². The number of benzene rings is 3. The molecule has 34 heavy (non-hydrogen) atoms. The van der Waals surface area contributed by atoms with Crippen LogP contribution in [0.3, 0.4) is 0 Å². The number of hydrogen-bond donors (Lipinski definition) is 2. The van der Waals surface area contributed by atoms with Gasteiger partial charge in [-0.1, -0.05) is 106 Å². The van der Waals surface area contributed by atoms with Crippen molar-refractivity contribution in [2.24, 2.45) is 0 Å². The molecule has 0 bridgehead atoms. The van der Waals surface area contributed by atoms with Gasteiger partial charge in [0.2, 0.25) is 0 Å². The summed E-state index contributed by atoms with van der Waals surface area (Å²) in [5.41, 5.74) is 4.45. The van der Waals surface area contributed by atoms with Crippen molar-refractivity contribution in [3.8, 4) is 0 Å². The summed E-state index contributed by atoms with van der Waals surface area (Å²) < 4.78 is 0. The van der Waals surface area contributed by atoms with Crippen molar-refractivity contribution in [2.75, 3.05) is 13.1 Å². The molecule has 0 fully saturated rings. The van der Waals surface area contributed by atoms with Crippen LogP contribution in [-0.4, -0.2) is 24.9 Å². The lowest BCUT2D eigenvalue weighted by molar-refractivity contribution is -0.123. The molecular weight excluding hydrogens is 420 g/mol. The van der Waals surface area contributed by atoms with E-state index in [9.17, 15) is 9.59 Å². The van der Waals surface area contributed by atoms with E-state index in [4.69, 9.17) is 0 Å². The van der Waals surface area contributed by atoms with Crippen molar-refractivity contribution in [3.05, 3.63) is 113 Å². The van der Waals surface area contributed by atoms with Crippen LogP contribution in [0, 0.1) is 0 Å². The third-order valence-corrected chi connectivity index (χ3v) is 5.66. The number of carbonyl (C=O) groups is 2. The summed E-state index contributed by atoms with van der Waals surface area (Å²) >= 11 is 0. The summed E-state index contributed by atoms with van der Waals surface area (Å²) in [7, 11) is 0. The van der Waals surface area contributed by atoms with Crippen molar-refractivity contribution in [1.29, 1.82) is 0 Å². The fourth-order valence-electron chi connectivity index (χ4n) is 3.60. The first-order valence-electron chi connectivity index (χ1n) is 11.8. The standard InChI is InChI=1S/C30H34N2O2/c1-30(2,3)26-16-14-25(15-17-26)22-27(28(33)31-20-18-23-10-6-4-7-11-23)29(34)32-21-19-24-12-8-5-9-13-24/h4-17,22H,18-21H2,1-3H3,(H,31,33)(H,32,34). The van der Waals surface area contributed by atoms with E-state index in [1.165, 1.54) is 5.56 Å². The van der Waals surface area contributed by atoms with Gasteiger partial charge in [-0.15, -0.1) is 0 Å². The minimum absolute atomic E-state index is 0.0364. The van der Waals surface area contributed by atoms with Crippen molar-refractivity contribution in [2.45, 2.75) is 39.0 Å². The van der Waals surface area contributed by atoms with Crippen LogP contribution in [0.1, 0.15) is 43.0 Å². The third kappa shape index (κ3) is 7.73. The first kappa shape index (κ1) is 25.0. The van der Waals surface area contributed by atoms with Gasteiger partial charge in [0, 0.05) is 13.1 Å². The Morgan fingerprint density at radius 1 is 0.676 bits per heavy atom. The van der Waals surface area contributed by atoms with E-state index in [1.807, 2.05) is 84.9 Å². The Balaban J connectivity index is 1.70. The molecule has 0 saturated carbocycles. The van der Waals surface area contributed by atoms with Gasteiger partial charge in [-0.2, -0.15) is 0 Å². The SMILES string of the molecule is CC(C)(C)c1ccc(C=C(C(=O)NCCc2ccccc2)C(=O)NCCc2ccccc2)cc1. The molecule has 0 spiro atoms. The fraction of sp³-hybridized carbons (Fsp3) is 0.267. The van der Waals surface area contributed by atoms with E-state index in [2.05, 4.69) is 31.4 Å². The minimum Gasteiger partial charge on any atom is -0.352 e. The molecule has 4 nitrogen and oxygen atoms in total. The first-order valence-corrected chi connectivity index (χ1v) is 11.8. The summed E-state index contributed by atoms with van der Waals surface area (Å²) in [5, 5.41) is 5.82. The van der Waals surface area contributed by atoms with E-state index in [-0.39, 0.29) is 22.8 Å². The Bertz CT molecular complexity index is 1040. The molecule has 0 aliphatic heterocycles. The van der Waals surface area contributed by atoms with Gasteiger partial charge in [0.25, 0.3) is 11.8 Å². The number of rotatable bonds is 9. The number of carbonyl (C=O) groups excluding carboxylic acids is 2. The minimum atomic E-state index is -0.368. The Kier molecular flexibility index (Phi) is 8.80. The maximum Gasteiger partial charge on any atom is 0.256 e. The highest BCUT2D eigenvalue weighted by atomic mass is 16.2. The van der Waals surface area contributed by atoms with Gasteiger partial charge in [-0.05, 0) is 46.6 Å². The van der Waals surface area contributed by atoms with Crippen LogP contribution >= 0.6 is 0 Å². The maximum atomic E-state index is 13.0. The molecule has 0 aromatic heterocycles. The van der Waals surface area contributed by atoms with E-state index in [1.54, 1.807) is 6.08 Å². The zero-order chi connectivity index (χ0) is 24.4. The summed E-state index contributed by atoms with van der Waals surface area (Å²) in [4.78, 5) is 26.0. The molecule has 2 N–H and O–H groups in total. The average Bonchev–Trinajstić information content (AvgIpc) is 2.83. The molecule has 0 atom stereocenters. The molecule has 3 aromatic rings. The Hall–Kier alpha value is -3.66. The second-order valence-electron chi connectivity index (χ2n) is 9.41. The zero-order valence-electron chi connectivity index (χ0n) is 20.3. The van der Waals surface area contributed by atoms with Crippen LogP contribution in [0.2, 0.25) is 0 Å². The van der Waals surface area contributed by atoms with Crippen molar-refractivity contribution < 1.29 is 9.59 Å². The molecule has 3 aromatic carbocycles. The third-order valence-electron chi connectivity index (χ3n) is 5.66. The molecule has 176 valence electrons. The van der Waals surface area contributed by atoms with E-state index in [0.717, 1.165) is 16.7 Å². The van der Waals surface area contributed by atoms with Crippen LogP contribution < -0.4 is 10.6 Å². The van der Waals surface area contributed by atoms with E-state index < -0.39 is 0 Å². The molecule has 0 radical (unpaired) electrons. The zero-order valence-corrected chi connectivity index (χ0v) is 20.3. The number of hydrogen-bond acceptors (Lipinski definition) is 2. The second kappa shape index (κ2) is 12.0. The average molecular weight is 455 g/mol. The Morgan fingerprint density at radius 2 is 1.12 bits per heavy atom. The molecular formula is C30H34N2O2. The maximum absolute atomic E-state index is 13.0. The van der Waals surface area contributed by atoms with Crippen LogP contribution in [0.5, 0.6) is 0 Å². The summed E-state index contributed by atoms with van der Waals surface area (Å²) in [5.74, 6) is -0.735. The van der Waals surface area contributed by atoms with Crippen molar-refractivity contribution in [3.63, 3.8) is 0 Å². The Morgan fingerprint density at radius 3 is 1.53 bits per heavy atom. The normalized spacial score (nSPS) is 10.9. The molecule has 3 rings (SSSR count). The predicted octanol–water partition coefficient (Wildman–Crippen LogP) is 5.09. The lowest BCUT2D eigenvalue weighted by Gasteiger charge is -2.19. The van der Waals surface area contributed by atoms with Gasteiger partial charge < -0.3 is 10.6 Å². The summed E-state index contributed by atoms with van der Waals surface area (Å²) in [6, 6.07) is 27.9. The smallest absolute Gasteiger partial charge is 0.256 e. The highest BCUT2D eigenvalue weighted by Gasteiger charge is 2.18. The molecule has 0 heterocycles. The van der Waals surface area contributed by atoms with Gasteiger partial charge in [-0.25, -0.2) is 0 Å². The highest BCUT2D eigenvalue weighted by molar-refractivity contribution is 6.21. The predicted molar refractivity (Wildman–Crippen MR) is 139 cm³/mol. The van der Waals surface area contributed by atoms with Crippen LogP contribution in [-0.2, 0) is 27.8 Å². The largest absolute Gasteiger partial charge is 0.352 e. The lowest BCUT2D eigenvalue weighted by atomic mass is 9.86. The fourth-order valence-corrected chi connectivity index (χ4v) is 3.60. The summed E-state index contributed by atoms with van der Waals surface area (Å²) in [6.07, 6.45) is 3.08. The topological polar surface area (TPSA) is 58.2 Å². The molecule has 0 aliphatic carbocycles. The summed E-state index contributed by atoms with van der Waals surface area (Å²) in [6.45, 7) is 7.39. The molecule has 0 unspecified atom stereocenters. The van der Waals surface area contributed by atoms with Crippen LogP contribution in [0.4, 0.5) is 0 Å². The van der Waals surface area contributed by atoms with Gasteiger partial charge in [0.15, 0.2) is 0 Å². The van der Waals surface area contributed by atoms with Crippen molar-refractivity contribution in [1.82, 2.24) is 10.6 Å². The first-order chi connectivity index (χ1) is 16.3. The van der Waals surface area contributed by atoms with Crippen LogP contribution in [0.25, 0.3) is 6.08 Å². The lowest BCUT2D eigenvalue weighted by Crippen LogP contribution is -2.36. The molecule has 2 amide bonds. The van der Waals surface area contributed by atoms with E-state index in [0.29, 0.717) is 25.9 Å². The van der Waals surface area contributed by atoms with Gasteiger partial charge in [0.05, 0.1) is 0 Å².